The van der Waals surface area contributed by atoms with Crippen molar-refractivity contribution in [1.82, 2.24) is 0 Å². The van der Waals surface area contributed by atoms with Crippen LogP contribution in [0.3, 0.4) is 0 Å². The Morgan fingerprint density at radius 1 is 1.50 bits per heavy atom. The highest BCUT2D eigenvalue weighted by Gasteiger charge is 2.11. The maximum absolute atomic E-state index is 10.6. The van der Waals surface area contributed by atoms with Crippen LogP contribution in [0.1, 0.15) is 46.5 Å². The first kappa shape index (κ1) is 11.6. The number of aliphatic hydroxyl groups is 1. The Bertz CT molecular complexity index is 132. The molecule has 0 aromatic rings. The zero-order valence-electron chi connectivity index (χ0n) is 8.34. The van der Waals surface area contributed by atoms with Gasteiger partial charge in [-0.3, -0.25) is 4.79 Å². The van der Waals surface area contributed by atoms with Crippen LogP contribution in [0.25, 0.3) is 0 Å². The first-order valence-corrected chi connectivity index (χ1v) is 4.73. The zero-order valence-corrected chi connectivity index (χ0v) is 8.34. The number of aliphatic hydroxyl groups excluding tert-OH is 1. The second kappa shape index (κ2) is 6.18. The molecule has 0 aliphatic heterocycles. The number of rotatable bonds is 6. The van der Waals surface area contributed by atoms with Crippen LogP contribution in [0.15, 0.2) is 0 Å². The minimum atomic E-state index is -0.427. The van der Waals surface area contributed by atoms with Gasteiger partial charge in [0.15, 0.2) is 0 Å². The van der Waals surface area contributed by atoms with Gasteiger partial charge in [-0.25, -0.2) is 0 Å². The third-order valence-electron chi connectivity index (χ3n) is 1.98. The van der Waals surface area contributed by atoms with Gasteiger partial charge in [-0.15, -0.1) is 0 Å². The average Bonchev–Trinajstić information content (AvgIpc) is 1.84. The van der Waals surface area contributed by atoms with Crippen molar-refractivity contribution in [2.45, 2.75) is 52.6 Å². The summed E-state index contributed by atoms with van der Waals surface area (Å²) in [4.78, 5) is 10.6. The van der Waals surface area contributed by atoms with E-state index in [1.54, 1.807) is 0 Å². The van der Waals surface area contributed by atoms with Crippen LogP contribution < -0.4 is 0 Å². The summed E-state index contributed by atoms with van der Waals surface area (Å²) >= 11 is 0. The molecule has 0 unspecified atom stereocenters. The van der Waals surface area contributed by atoms with Gasteiger partial charge in [-0.05, 0) is 19.3 Å². The normalized spacial score (nSPS) is 15.7. The van der Waals surface area contributed by atoms with Gasteiger partial charge in [0.1, 0.15) is 5.78 Å². The summed E-state index contributed by atoms with van der Waals surface area (Å²) in [7, 11) is 0. The Morgan fingerprint density at radius 3 is 2.50 bits per heavy atom. The van der Waals surface area contributed by atoms with Crippen molar-refractivity contribution in [2.75, 3.05) is 0 Å². The van der Waals surface area contributed by atoms with Crippen molar-refractivity contribution >= 4 is 5.78 Å². The summed E-state index contributed by atoms with van der Waals surface area (Å²) in [5, 5.41) is 9.40. The summed E-state index contributed by atoms with van der Waals surface area (Å²) in [5.74, 6) is 0.607. The monoisotopic (exact) mass is 172 g/mol. The predicted octanol–water partition coefficient (Wildman–Crippen LogP) is 2.15. The molecule has 0 aromatic carbocycles. The lowest BCUT2D eigenvalue weighted by Gasteiger charge is -2.14. The van der Waals surface area contributed by atoms with Crippen LogP contribution in [-0.2, 0) is 4.79 Å². The Balaban J connectivity index is 3.53. The summed E-state index contributed by atoms with van der Waals surface area (Å²) in [6, 6.07) is 0. The fourth-order valence-electron chi connectivity index (χ4n) is 1.49. The molecule has 2 atom stereocenters. The van der Waals surface area contributed by atoms with Crippen molar-refractivity contribution in [3.8, 4) is 0 Å². The fraction of sp³-hybridized carbons (Fsp3) is 0.900. The van der Waals surface area contributed by atoms with Crippen LogP contribution in [0, 0.1) is 5.92 Å². The molecule has 0 saturated heterocycles. The van der Waals surface area contributed by atoms with E-state index in [9.17, 15) is 9.90 Å². The molecule has 2 nitrogen and oxygen atoms in total. The van der Waals surface area contributed by atoms with E-state index in [4.69, 9.17) is 0 Å². The topological polar surface area (TPSA) is 37.3 Å². The lowest BCUT2D eigenvalue weighted by molar-refractivity contribution is -0.119. The van der Waals surface area contributed by atoms with Gasteiger partial charge in [-0.1, -0.05) is 26.7 Å². The maximum Gasteiger partial charge on any atom is 0.132 e. The average molecular weight is 172 g/mol. The highest BCUT2D eigenvalue weighted by Crippen LogP contribution is 2.14. The molecule has 0 bridgehead atoms. The Kier molecular flexibility index (Phi) is 5.99. The van der Waals surface area contributed by atoms with Crippen LogP contribution in [-0.4, -0.2) is 17.0 Å². The van der Waals surface area contributed by atoms with Gasteiger partial charge < -0.3 is 5.11 Å². The number of ketones is 1. The van der Waals surface area contributed by atoms with E-state index in [-0.39, 0.29) is 5.78 Å². The molecule has 0 amide bonds. The van der Waals surface area contributed by atoms with Gasteiger partial charge in [-0.2, -0.15) is 0 Å². The van der Waals surface area contributed by atoms with Crippen LogP contribution in [0.4, 0.5) is 0 Å². The van der Waals surface area contributed by atoms with Gasteiger partial charge >= 0.3 is 0 Å². The summed E-state index contributed by atoms with van der Waals surface area (Å²) in [5.41, 5.74) is 0. The predicted molar refractivity (Wildman–Crippen MR) is 50.0 cm³/mol. The molecule has 2 heteroatoms. The molecular formula is C10H20O2. The highest BCUT2D eigenvalue weighted by atomic mass is 16.3. The van der Waals surface area contributed by atoms with Crippen molar-refractivity contribution < 1.29 is 9.90 Å². The first-order chi connectivity index (χ1) is 5.56. The number of hydrogen-bond donors (Lipinski definition) is 1. The van der Waals surface area contributed by atoms with E-state index in [1.165, 1.54) is 6.92 Å². The Morgan fingerprint density at radius 2 is 2.08 bits per heavy atom. The SMILES string of the molecule is CCC[C@@H](C)C[C@@H](O)CC(C)=O. The molecular weight excluding hydrogens is 152 g/mol. The van der Waals surface area contributed by atoms with E-state index in [2.05, 4.69) is 13.8 Å². The second-order valence-corrected chi connectivity index (χ2v) is 3.69. The largest absolute Gasteiger partial charge is 0.393 e. The smallest absolute Gasteiger partial charge is 0.132 e. The van der Waals surface area contributed by atoms with Gasteiger partial charge in [0, 0.05) is 6.42 Å². The van der Waals surface area contributed by atoms with E-state index >= 15 is 0 Å². The van der Waals surface area contributed by atoms with E-state index in [0.29, 0.717) is 12.3 Å². The molecule has 12 heavy (non-hydrogen) atoms. The standard InChI is InChI=1S/C10H20O2/c1-4-5-8(2)6-10(12)7-9(3)11/h8,10,12H,4-7H2,1-3H3/t8-,10-/m1/s1. The number of hydrogen-bond acceptors (Lipinski definition) is 2. The maximum atomic E-state index is 10.6. The van der Waals surface area contributed by atoms with Crippen molar-refractivity contribution in [2.24, 2.45) is 5.92 Å². The molecule has 0 spiro atoms. The number of Topliss-reactive ketones (excluding diaryl/α,β-unsaturated/α-hetero) is 1. The lowest BCUT2D eigenvalue weighted by Crippen LogP contribution is -2.14. The second-order valence-electron chi connectivity index (χ2n) is 3.69. The van der Waals surface area contributed by atoms with E-state index in [1.807, 2.05) is 0 Å². The molecule has 0 heterocycles. The van der Waals surface area contributed by atoms with Crippen molar-refractivity contribution in [1.29, 1.82) is 0 Å². The van der Waals surface area contributed by atoms with Gasteiger partial charge in [0.2, 0.25) is 0 Å². The Hall–Kier alpha value is -0.370. The Labute approximate surface area is 75.0 Å². The molecule has 0 aliphatic rings. The van der Waals surface area contributed by atoms with E-state index < -0.39 is 6.10 Å². The van der Waals surface area contributed by atoms with Crippen LogP contribution in [0.2, 0.25) is 0 Å². The highest BCUT2D eigenvalue weighted by molar-refractivity contribution is 5.75. The number of carbonyl (C=O) groups excluding carboxylic acids is 1. The fourth-order valence-corrected chi connectivity index (χ4v) is 1.49. The third-order valence-corrected chi connectivity index (χ3v) is 1.98. The van der Waals surface area contributed by atoms with Crippen LogP contribution >= 0.6 is 0 Å². The summed E-state index contributed by atoms with van der Waals surface area (Å²) < 4.78 is 0. The summed E-state index contributed by atoms with van der Waals surface area (Å²) in [6.07, 6.45) is 2.92. The molecule has 0 aromatic heterocycles. The lowest BCUT2D eigenvalue weighted by atomic mass is 9.96. The molecule has 72 valence electrons. The zero-order chi connectivity index (χ0) is 9.56. The van der Waals surface area contributed by atoms with Crippen LogP contribution in [0.5, 0.6) is 0 Å². The molecule has 0 aliphatic carbocycles. The third kappa shape index (κ3) is 6.35. The first-order valence-electron chi connectivity index (χ1n) is 4.73. The van der Waals surface area contributed by atoms with Crippen molar-refractivity contribution in [3.05, 3.63) is 0 Å². The minimum Gasteiger partial charge on any atom is -0.393 e. The van der Waals surface area contributed by atoms with Gasteiger partial charge in [0.25, 0.3) is 0 Å². The molecule has 1 N–H and O–H groups in total. The molecule has 0 fully saturated rings. The van der Waals surface area contributed by atoms with Crippen molar-refractivity contribution in [3.63, 3.8) is 0 Å². The molecule has 0 radical (unpaired) electrons. The van der Waals surface area contributed by atoms with E-state index in [0.717, 1.165) is 19.3 Å². The quantitative estimate of drug-likeness (QED) is 0.666. The minimum absolute atomic E-state index is 0.0752. The summed E-state index contributed by atoms with van der Waals surface area (Å²) in [6.45, 7) is 5.77. The van der Waals surface area contributed by atoms with Gasteiger partial charge in [0.05, 0.1) is 6.10 Å². The number of carbonyl (C=O) groups is 1. The molecule has 0 saturated carbocycles. The molecule has 0 rings (SSSR count).